The van der Waals surface area contributed by atoms with Crippen LogP contribution in [0.3, 0.4) is 0 Å². The molecule has 0 spiro atoms. The summed E-state index contributed by atoms with van der Waals surface area (Å²) in [6.45, 7) is 11.9. The van der Waals surface area contributed by atoms with E-state index < -0.39 is 0 Å². The molecule has 5 nitrogen and oxygen atoms in total. The van der Waals surface area contributed by atoms with Gasteiger partial charge in [-0.25, -0.2) is 14.5 Å². The molecule has 0 bridgehead atoms. The fourth-order valence-corrected chi connectivity index (χ4v) is 3.29. The Balaban J connectivity index is 1.69. The van der Waals surface area contributed by atoms with Crippen molar-refractivity contribution in [1.29, 1.82) is 0 Å². The Kier molecular flexibility index (Phi) is 3.65. The second-order valence-corrected chi connectivity index (χ2v) is 8.69. The first-order chi connectivity index (χ1) is 12.2. The maximum atomic E-state index is 4.76. The summed E-state index contributed by atoms with van der Waals surface area (Å²) in [4.78, 5) is 9.27. The Morgan fingerprint density at radius 3 is 2.50 bits per heavy atom. The Labute approximate surface area is 153 Å². The van der Waals surface area contributed by atoms with Gasteiger partial charge in [0.25, 0.3) is 0 Å². The lowest BCUT2D eigenvalue weighted by Gasteiger charge is -2.26. The van der Waals surface area contributed by atoms with E-state index in [0.29, 0.717) is 0 Å². The van der Waals surface area contributed by atoms with Crippen molar-refractivity contribution in [2.45, 2.75) is 52.0 Å². The summed E-state index contributed by atoms with van der Waals surface area (Å²) in [5.74, 6) is 0. The molecule has 134 valence electrons. The monoisotopic (exact) mass is 347 g/mol. The van der Waals surface area contributed by atoms with Gasteiger partial charge in [0.15, 0.2) is 5.65 Å². The van der Waals surface area contributed by atoms with Crippen LogP contribution >= 0.6 is 0 Å². The smallest absolute Gasteiger partial charge is 0.154 e. The van der Waals surface area contributed by atoms with Crippen LogP contribution in [0.25, 0.3) is 16.7 Å². The van der Waals surface area contributed by atoms with Gasteiger partial charge in [-0.15, -0.1) is 0 Å². The van der Waals surface area contributed by atoms with Crippen molar-refractivity contribution >= 4 is 16.7 Å². The van der Waals surface area contributed by atoms with Crippen LogP contribution in [0.15, 0.2) is 49.2 Å². The van der Waals surface area contributed by atoms with Gasteiger partial charge in [-0.05, 0) is 28.7 Å². The van der Waals surface area contributed by atoms with E-state index in [1.54, 1.807) is 6.20 Å². The van der Waals surface area contributed by atoms with Gasteiger partial charge in [0.05, 0.1) is 6.20 Å². The number of fused-ring (bicyclic) bond motifs is 2. The second kappa shape index (κ2) is 5.66. The summed E-state index contributed by atoms with van der Waals surface area (Å²) in [7, 11) is 0. The molecule has 0 amide bonds. The van der Waals surface area contributed by atoms with Crippen LogP contribution in [0.4, 0.5) is 0 Å². The molecule has 5 heteroatoms. The summed E-state index contributed by atoms with van der Waals surface area (Å²) >= 11 is 0. The zero-order chi connectivity index (χ0) is 18.5. The minimum atomic E-state index is -0.0938. The molecule has 4 rings (SSSR count). The zero-order valence-electron chi connectivity index (χ0n) is 16.1. The third-order valence-corrected chi connectivity index (χ3v) is 5.06. The highest BCUT2D eigenvalue weighted by Crippen LogP contribution is 2.29. The van der Waals surface area contributed by atoms with Crippen molar-refractivity contribution < 1.29 is 0 Å². The lowest BCUT2D eigenvalue weighted by Crippen LogP contribution is -2.25. The van der Waals surface area contributed by atoms with Crippen LogP contribution in [0, 0.1) is 0 Å². The van der Waals surface area contributed by atoms with Crippen LogP contribution in [-0.2, 0) is 17.4 Å². The van der Waals surface area contributed by atoms with Gasteiger partial charge in [-0.3, -0.25) is 0 Å². The highest BCUT2D eigenvalue weighted by Gasteiger charge is 2.24. The van der Waals surface area contributed by atoms with Crippen LogP contribution in [0.1, 0.15) is 45.7 Å². The largest absolute Gasteiger partial charge is 0.332 e. The maximum Gasteiger partial charge on any atom is 0.154 e. The number of nitrogens with zero attached hydrogens (tertiary/aromatic N) is 5. The molecule has 4 heterocycles. The fraction of sp³-hybridized carbons (Fsp3) is 0.381. The van der Waals surface area contributed by atoms with E-state index in [9.17, 15) is 0 Å². The van der Waals surface area contributed by atoms with Crippen molar-refractivity contribution in [2.75, 3.05) is 0 Å². The first-order valence-electron chi connectivity index (χ1n) is 8.99. The molecule has 0 N–H and O–H groups in total. The van der Waals surface area contributed by atoms with Gasteiger partial charge in [0.2, 0.25) is 0 Å². The van der Waals surface area contributed by atoms with Crippen molar-refractivity contribution in [2.24, 2.45) is 0 Å². The first kappa shape index (κ1) is 16.8. The second-order valence-electron chi connectivity index (χ2n) is 8.69. The molecule has 4 aromatic rings. The molecule has 26 heavy (non-hydrogen) atoms. The molecule has 0 fully saturated rings. The van der Waals surface area contributed by atoms with Gasteiger partial charge in [0.1, 0.15) is 5.65 Å². The highest BCUT2D eigenvalue weighted by molar-refractivity contribution is 5.77. The molecule has 0 saturated carbocycles. The quantitative estimate of drug-likeness (QED) is 0.553. The van der Waals surface area contributed by atoms with Gasteiger partial charge in [0, 0.05) is 48.2 Å². The topological polar surface area (TPSA) is 48.0 Å². The zero-order valence-corrected chi connectivity index (χ0v) is 16.1. The van der Waals surface area contributed by atoms with E-state index in [4.69, 9.17) is 4.98 Å². The van der Waals surface area contributed by atoms with E-state index in [2.05, 4.69) is 73.8 Å². The van der Waals surface area contributed by atoms with Gasteiger partial charge in [-0.1, -0.05) is 34.6 Å². The standard InChI is InChI=1S/C21H25N5/c1-20(2,3)16-10-15-7-9-25(19(15)23-11-16)14-21(4,5)17-12-22-18-6-8-24-26(18)13-17/h6-13H,14H2,1-5H3. The van der Waals surface area contributed by atoms with Crippen molar-refractivity contribution in [1.82, 2.24) is 24.1 Å². The van der Waals surface area contributed by atoms with Crippen LogP contribution < -0.4 is 0 Å². The molecule has 0 radical (unpaired) electrons. The molecule has 0 atom stereocenters. The third-order valence-electron chi connectivity index (χ3n) is 5.06. The minimum Gasteiger partial charge on any atom is -0.332 e. The molecule has 4 aromatic heterocycles. The Hall–Kier alpha value is -2.69. The number of aromatic nitrogens is 5. The molecule has 0 aliphatic carbocycles. The lowest BCUT2D eigenvalue weighted by molar-refractivity contribution is 0.437. The molecule has 0 aliphatic heterocycles. The van der Waals surface area contributed by atoms with Crippen LogP contribution in [0.5, 0.6) is 0 Å². The number of hydrogen-bond donors (Lipinski definition) is 0. The summed E-state index contributed by atoms with van der Waals surface area (Å²) < 4.78 is 4.06. The van der Waals surface area contributed by atoms with Gasteiger partial charge in [-0.2, -0.15) is 5.10 Å². The van der Waals surface area contributed by atoms with E-state index in [0.717, 1.165) is 23.4 Å². The Morgan fingerprint density at radius 1 is 0.962 bits per heavy atom. The third kappa shape index (κ3) is 2.87. The van der Waals surface area contributed by atoms with Crippen molar-refractivity contribution in [3.8, 4) is 0 Å². The fourth-order valence-electron chi connectivity index (χ4n) is 3.29. The average Bonchev–Trinajstić information content (AvgIpc) is 3.19. The average molecular weight is 347 g/mol. The predicted molar refractivity (Wildman–Crippen MR) is 104 cm³/mol. The van der Waals surface area contributed by atoms with Gasteiger partial charge >= 0.3 is 0 Å². The van der Waals surface area contributed by atoms with Gasteiger partial charge < -0.3 is 4.57 Å². The number of rotatable bonds is 3. The summed E-state index contributed by atoms with van der Waals surface area (Å²) in [5.41, 5.74) is 4.32. The molecular weight excluding hydrogens is 322 g/mol. The molecule has 0 aromatic carbocycles. The predicted octanol–water partition coefficient (Wildman–Crippen LogP) is 4.35. The molecular formula is C21H25N5. The van der Waals surface area contributed by atoms with Crippen molar-refractivity contribution in [3.63, 3.8) is 0 Å². The van der Waals surface area contributed by atoms with E-state index in [1.807, 2.05) is 23.0 Å². The minimum absolute atomic E-state index is 0.0938. The summed E-state index contributed by atoms with van der Waals surface area (Å²) in [5, 5.41) is 5.50. The lowest BCUT2D eigenvalue weighted by atomic mass is 9.86. The normalized spacial score (nSPS) is 13.0. The maximum absolute atomic E-state index is 4.76. The van der Waals surface area contributed by atoms with E-state index >= 15 is 0 Å². The van der Waals surface area contributed by atoms with Crippen LogP contribution in [0.2, 0.25) is 0 Å². The van der Waals surface area contributed by atoms with E-state index in [-0.39, 0.29) is 10.8 Å². The Morgan fingerprint density at radius 2 is 1.73 bits per heavy atom. The number of hydrogen-bond acceptors (Lipinski definition) is 3. The summed E-state index contributed by atoms with van der Waals surface area (Å²) in [6, 6.07) is 6.32. The first-order valence-corrected chi connectivity index (χ1v) is 8.99. The number of pyridine rings is 1. The summed E-state index contributed by atoms with van der Waals surface area (Å²) in [6.07, 6.45) is 9.93. The Bertz CT molecular complexity index is 1080. The molecule has 0 aliphatic rings. The van der Waals surface area contributed by atoms with Crippen LogP contribution in [-0.4, -0.2) is 24.1 Å². The molecule has 0 unspecified atom stereocenters. The SMILES string of the molecule is CC(C)(C)c1cnc2c(ccn2CC(C)(C)c2cnc3ccnn3c2)c1. The highest BCUT2D eigenvalue weighted by atomic mass is 15.2. The molecule has 0 saturated heterocycles. The van der Waals surface area contributed by atoms with Crippen molar-refractivity contribution in [3.05, 3.63) is 60.3 Å². The van der Waals surface area contributed by atoms with E-state index in [1.165, 1.54) is 10.9 Å².